The average molecular weight is 259 g/mol. The van der Waals surface area contributed by atoms with E-state index in [0.717, 1.165) is 30.2 Å². The normalized spacial score (nSPS) is 10.7. The lowest BCUT2D eigenvalue weighted by atomic mass is 10.1. The molecule has 2 aromatic rings. The molecule has 0 radical (unpaired) electrons. The lowest BCUT2D eigenvalue weighted by molar-refractivity contribution is 0.644. The molecule has 0 atom stereocenters. The number of aromatic nitrogens is 4. The van der Waals surface area contributed by atoms with Gasteiger partial charge in [0, 0.05) is 12.2 Å². The Morgan fingerprint density at radius 2 is 1.95 bits per heavy atom. The smallest absolute Gasteiger partial charge is 0.144 e. The van der Waals surface area contributed by atoms with Crippen molar-refractivity contribution in [3.63, 3.8) is 0 Å². The number of aryl methyl sites for hydroxylation is 1. The van der Waals surface area contributed by atoms with Crippen LogP contribution in [0.25, 0.3) is 0 Å². The maximum atomic E-state index is 4.57. The van der Waals surface area contributed by atoms with Gasteiger partial charge in [-0.1, -0.05) is 6.92 Å². The maximum absolute atomic E-state index is 4.57. The van der Waals surface area contributed by atoms with Gasteiger partial charge in [0.1, 0.15) is 5.82 Å². The highest BCUT2D eigenvalue weighted by Gasteiger charge is 2.10. The van der Waals surface area contributed by atoms with Crippen molar-refractivity contribution >= 4 is 5.82 Å². The van der Waals surface area contributed by atoms with Crippen molar-refractivity contribution in [3.8, 4) is 0 Å². The van der Waals surface area contributed by atoms with Crippen LogP contribution in [0.1, 0.15) is 36.5 Å². The van der Waals surface area contributed by atoms with Crippen molar-refractivity contribution in [3.05, 3.63) is 35.0 Å². The summed E-state index contributed by atoms with van der Waals surface area (Å²) in [6.07, 6.45) is 4.59. The molecular weight excluding hydrogens is 238 g/mol. The van der Waals surface area contributed by atoms with Gasteiger partial charge in [0.15, 0.2) is 0 Å². The molecule has 19 heavy (non-hydrogen) atoms. The van der Waals surface area contributed by atoms with Crippen LogP contribution in [0, 0.1) is 13.8 Å². The molecule has 0 amide bonds. The Bertz CT molecular complexity index is 542. The number of hydrogen-bond acceptors (Lipinski definition) is 4. The van der Waals surface area contributed by atoms with Gasteiger partial charge < -0.3 is 5.32 Å². The van der Waals surface area contributed by atoms with Crippen molar-refractivity contribution in [2.75, 3.05) is 11.9 Å². The zero-order chi connectivity index (χ0) is 13.8. The molecule has 0 saturated heterocycles. The average Bonchev–Trinajstić information content (AvgIpc) is 2.67. The molecule has 0 spiro atoms. The van der Waals surface area contributed by atoms with E-state index in [9.17, 15) is 0 Å². The zero-order valence-electron chi connectivity index (χ0n) is 12.1. The first-order chi connectivity index (χ1) is 9.15. The summed E-state index contributed by atoms with van der Waals surface area (Å²) in [6, 6.07) is 0. The Kier molecular flexibility index (Phi) is 4.14. The standard InChI is InChI=1S/C14H21N5/c1-5-13-10(3)18-19(11(13)4)9-12-7-17-14(8-16-12)15-6-2/h7-8H,5-6,9H2,1-4H3,(H,15,17). The quantitative estimate of drug-likeness (QED) is 0.895. The second kappa shape index (κ2) is 5.82. The summed E-state index contributed by atoms with van der Waals surface area (Å²) < 4.78 is 2.01. The van der Waals surface area contributed by atoms with E-state index in [1.54, 1.807) is 12.4 Å². The molecule has 0 aliphatic carbocycles. The number of rotatable bonds is 5. The Balaban J connectivity index is 2.17. The predicted octanol–water partition coefficient (Wildman–Crippen LogP) is 2.33. The molecular formula is C14H21N5. The maximum Gasteiger partial charge on any atom is 0.144 e. The van der Waals surface area contributed by atoms with E-state index in [-0.39, 0.29) is 0 Å². The Morgan fingerprint density at radius 1 is 1.16 bits per heavy atom. The number of nitrogens with zero attached hydrogens (tertiary/aromatic N) is 4. The lowest BCUT2D eigenvalue weighted by Gasteiger charge is -2.06. The molecule has 1 N–H and O–H groups in total. The summed E-state index contributed by atoms with van der Waals surface area (Å²) in [5.41, 5.74) is 4.59. The highest BCUT2D eigenvalue weighted by atomic mass is 15.3. The fourth-order valence-electron chi connectivity index (χ4n) is 2.26. The summed E-state index contributed by atoms with van der Waals surface area (Å²) in [5.74, 6) is 0.814. The number of anilines is 1. The molecule has 0 aliphatic heterocycles. The minimum Gasteiger partial charge on any atom is -0.369 e. The monoisotopic (exact) mass is 259 g/mol. The third-order valence-corrected chi connectivity index (χ3v) is 3.26. The van der Waals surface area contributed by atoms with Crippen molar-refractivity contribution in [1.29, 1.82) is 0 Å². The third-order valence-electron chi connectivity index (χ3n) is 3.26. The summed E-state index contributed by atoms with van der Waals surface area (Å²) in [6.45, 7) is 9.89. The van der Waals surface area contributed by atoms with Gasteiger partial charge in [-0.15, -0.1) is 0 Å². The Labute approximate surface area is 114 Å². The molecule has 0 unspecified atom stereocenters. The van der Waals surface area contributed by atoms with E-state index in [1.165, 1.54) is 11.3 Å². The molecule has 0 saturated carbocycles. The molecule has 0 bridgehead atoms. The van der Waals surface area contributed by atoms with Crippen LogP contribution in [0.3, 0.4) is 0 Å². The van der Waals surface area contributed by atoms with Crippen molar-refractivity contribution in [2.45, 2.75) is 40.7 Å². The second-order valence-electron chi connectivity index (χ2n) is 4.58. The molecule has 2 heterocycles. The van der Waals surface area contributed by atoms with Gasteiger partial charge in [-0.05, 0) is 32.8 Å². The molecule has 102 valence electrons. The van der Waals surface area contributed by atoms with Crippen LogP contribution in [0.5, 0.6) is 0 Å². The fraction of sp³-hybridized carbons (Fsp3) is 0.500. The van der Waals surface area contributed by atoms with E-state index in [1.807, 2.05) is 11.6 Å². The SMILES string of the molecule is CCNc1cnc(Cn2nc(C)c(CC)c2C)cn1. The first-order valence-corrected chi connectivity index (χ1v) is 6.73. The molecule has 2 aromatic heterocycles. The number of nitrogens with one attached hydrogen (secondary N) is 1. The van der Waals surface area contributed by atoms with Crippen LogP contribution >= 0.6 is 0 Å². The van der Waals surface area contributed by atoms with Crippen molar-refractivity contribution < 1.29 is 0 Å². The van der Waals surface area contributed by atoms with Gasteiger partial charge in [0.05, 0.1) is 30.3 Å². The zero-order valence-corrected chi connectivity index (χ0v) is 12.1. The Morgan fingerprint density at radius 3 is 2.47 bits per heavy atom. The van der Waals surface area contributed by atoms with Gasteiger partial charge >= 0.3 is 0 Å². The van der Waals surface area contributed by atoms with Gasteiger partial charge in [-0.3, -0.25) is 9.67 Å². The molecule has 0 aliphatic rings. The van der Waals surface area contributed by atoms with Crippen LogP contribution in [-0.2, 0) is 13.0 Å². The van der Waals surface area contributed by atoms with Crippen LogP contribution < -0.4 is 5.32 Å². The second-order valence-corrected chi connectivity index (χ2v) is 4.58. The Hall–Kier alpha value is -1.91. The molecule has 0 aromatic carbocycles. The van der Waals surface area contributed by atoms with Gasteiger partial charge in [-0.25, -0.2) is 4.98 Å². The van der Waals surface area contributed by atoms with E-state index in [4.69, 9.17) is 0 Å². The summed E-state index contributed by atoms with van der Waals surface area (Å²) in [7, 11) is 0. The highest BCUT2D eigenvalue weighted by Crippen LogP contribution is 2.14. The topological polar surface area (TPSA) is 55.6 Å². The first-order valence-electron chi connectivity index (χ1n) is 6.73. The summed E-state index contributed by atoms with van der Waals surface area (Å²) in [5, 5.41) is 7.70. The summed E-state index contributed by atoms with van der Waals surface area (Å²) in [4.78, 5) is 8.74. The van der Waals surface area contributed by atoms with Gasteiger partial charge in [0.25, 0.3) is 0 Å². The van der Waals surface area contributed by atoms with Crippen LogP contribution in [0.2, 0.25) is 0 Å². The van der Waals surface area contributed by atoms with Crippen LogP contribution in [0.4, 0.5) is 5.82 Å². The van der Waals surface area contributed by atoms with Crippen molar-refractivity contribution in [1.82, 2.24) is 19.7 Å². The highest BCUT2D eigenvalue weighted by molar-refractivity contribution is 5.31. The molecule has 5 nitrogen and oxygen atoms in total. The van der Waals surface area contributed by atoms with E-state index in [0.29, 0.717) is 6.54 Å². The van der Waals surface area contributed by atoms with Gasteiger partial charge in [-0.2, -0.15) is 5.10 Å². The van der Waals surface area contributed by atoms with E-state index >= 15 is 0 Å². The third kappa shape index (κ3) is 2.92. The van der Waals surface area contributed by atoms with Crippen LogP contribution in [-0.4, -0.2) is 26.3 Å². The molecule has 2 rings (SSSR count). The van der Waals surface area contributed by atoms with Gasteiger partial charge in [0.2, 0.25) is 0 Å². The van der Waals surface area contributed by atoms with E-state index in [2.05, 4.69) is 41.2 Å². The van der Waals surface area contributed by atoms with Crippen LogP contribution in [0.15, 0.2) is 12.4 Å². The molecule has 0 fully saturated rings. The fourth-order valence-corrected chi connectivity index (χ4v) is 2.26. The minimum atomic E-state index is 0.673. The molecule has 5 heteroatoms. The summed E-state index contributed by atoms with van der Waals surface area (Å²) >= 11 is 0. The first kappa shape index (κ1) is 13.5. The minimum absolute atomic E-state index is 0.673. The predicted molar refractivity (Wildman–Crippen MR) is 76.4 cm³/mol. The number of hydrogen-bond donors (Lipinski definition) is 1. The van der Waals surface area contributed by atoms with E-state index < -0.39 is 0 Å². The largest absolute Gasteiger partial charge is 0.369 e. The lowest BCUT2D eigenvalue weighted by Crippen LogP contribution is -2.07. The van der Waals surface area contributed by atoms with Crippen molar-refractivity contribution in [2.24, 2.45) is 0 Å².